The summed E-state index contributed by atoms with van der Waals surface area (Å²) in [5, 5.41) is 5.38. The highest BCUT2D eigenvalue weighted by Gasteiger charge is 2.12. The van der Waals surface area contributed by atoms with Crippen LogP contribution in [0.5, 0.6) is 0 Å². The van der Waals surface area contributed by atoms with E-state index in [1.165, 1.54) is 11.3 Å². The summed E-state index contributed by atoms with van der Waals surface area (Å²) in [7, 11) is 0. The van der Waals surface area contributed by atoms with Crippen molar-refractivity contribution in [1.29, 1.82) is 0 Å². The van der Waals surface area contributed by atoms with E-state index in [9.17, 15) is 4.79 Å². The third-order valence-corrected chi connectivity index (χ3v) is 3.72. The first kappa shape index (κ1) is 14.7. The van der Waals surface area contributed by atoms with E-state index in [0.29, 0.717) is 17.4 Å². The first-order chi connectivity index (χ1) is 9.69. The van der Waals surface area contributed by atoms with E-state index < -0.39 is 5.97 Å². The third-order valence-electron chi connectivity index (χ3n) is 2.39. The first-order valence-corrected chi connectivity index (χ1v) is 7.58. The van der Waals surface area contributed by atoms with Gasteiger partial charge in [0.15, 0.2) is 10.8 Å². The average Bonchev–Trinajstić information content (AvgIpc) is 2.93. The first-order valence-electron chi connectivity index (χ1n) is 5.91. The van der Waals surface area contributed by atoms with Crippen molar-refractivity contribution in [3.8, 4) is 0 Å². The maximum absolute atomic E-state index is 11.8. The fourth-order valence-electron chi connectivity index (χ4n) is 1.41. The summed E-state index contributed by atoms with van der Waals surface area (Å²) in [6.07, 6.45) is 1.73. The van der Waals surface area contributed by atoms with Gasteiger partial charge in [-0.15, -0.1) is 17.9 Å². The number of hydrogen-bond acceptors (Lipinski definition) is 5. The summed E-state index contributed by atoms with van der Waals surface area (Å²) < 4.78 is 6.20. The number of carbonyl (C=O) groups is 1. The van der Waals surface area contributed by atoms with Crippen LogP contribution < -0.4 is 5.32 Å². The Kier molecular flexibility index (Phi) is 5.31. The highest BCUT2D eigenvalue weighted by atomic mass is 79.9. The molecule has 1 aromatic carbocycles. The quantitative estimate of drug-likeness (QED) is 0.633. The van der Waals surface area contributed by atoms with Gasteiger partial charge in [-0.25, -0.2) is 9.78 Å². The number of aromatic nitrogens is 1. The Morgan fingerprint density at radius 3 is 2.90 bits per heavy atom. The molecule has 0 atom stereocenters. The van der Waals surface area contributed by atoms with E-state index >= 15 is 0 Å². The minimum absolute atomic E-state index is 0.235. The number of esters is 1. The summed E-state index contributed by atoms with van der Waals surface area (Å²) in [6, 6.07) is 7.61. The largest absolute Gasteiger partial charge is 0.456 e. The molecule has 2 rings (SSSR count). The molecule has 0 saturated heterocycles. The number of nitrogens with zero attached hydrogens (tertiary/aromatic N) is 1. The molecule has 0 fully saturated rings. The lowest BCUT2D eigenvalue weighted by Crippen LogP contribution is -2.06. The number of rotatable bonds is 6. The van der Waals surface area contributed by atoms with E-state index in [0.717, 1.165) is 10.0 Å². The van der Waals surface area contributed by atoms with E-state index in [-0.39, 0.29) is 6.61 Å². The number of hydrogen-bond donors (Lipinski definition) is 1. The molecule has 0 aliphatic heterocycles. The van der Waals surface area contributed by atoms with Crippen molar-refractivity contribution in [3.05, 3.63) is 58.0 Å². The lowest BCUT2D eigenvalue weighted by molar-refractivity contribution is 0.0467. The predicted octanol–water partition coefficient (Wildman–Crippen LogP) is 3.86. The van der Waals surface area contributed by atoms with Gasteiger partial charge in [-0.1, -0.05) is 34.1 Å². The SMILES string of the molecule is C=CCNc1nc(C(=O)OCc2ccc(Br)cc2)cs1. The fourth-order valence-corrected chi connectivity index (χ4v) is 2.37. The van der Waals surface area contributed by atoms with Crippen LogP contribution in [-0.4, -0.2) is 17.5 Å². The topological polar surface area (TPSA) is 51.2 Å². The second-order valence-electron chi connectivity index (χ2n) is 3.91. The smallest absolute Gasteiger partial charge is 0.358 e. The number of halogens is 1. The number of nitrogens with one attached hydrogen (secondary N) is 1. The number of thiazole rings is 1. The van der Waals surface area contributed by atoms with E-state index in [2.05, 4.69) is 32.8 Å². The van der Waals surface area contributed by atoms with Crippen LogP contribution in [0.25, 0.3) is 0 Å². The van der Waals surface area contributed by atoms with Crippen LogP contribution in [-0.2, 0) is 11.3 Å². The standard InChI is InChI=1S/C14H13BrN2O2S/c1-2-7-16-14-17-12(9-20-14)13(18)19-8-10-3-5-11(15)6-4-10/h2-6,9H,1,7-8H2,(H,16,17). The summed E-state index contributed by atoms with van der Waals surface area (Å²) >= 11 is 4.72. The second kappa shape index (κ2) is 7.21. The monoisotopic (exact) mass is 352 g/mol. The van der Waals surface area contributed by atoms with Crippen LogP contribution in [0.3, 0.4) is 0 Å². The predicted molar refractivity (Wildman–Crippen MR) is 84.1 cm³/mol. The molecule has 0 aliphatic carbocycles. The molecule has 0 aliphatic rings. The third kappa shape index (κ3) is 4.18. The molecule has 20 heavy (non-hydrogen) atoms. The summed E-state index contributed by atoms with van der Waals surface area (Å²) in [6.45, 7) is 4.45. The molecule has 0 unspecified atom stereocenters. The van der Waals surface area contributed by atoms with Crippen molar-refractivity contribution < 1.29 is 9.53 Å². The van der Waals surface area contributed by atoms with Gasteiger partial charge in [0.2, 0.25) is 0 Å². The van der Waals surface area contributed by atoms with Gasteiger partial charge in [0.1, 0.15) is 6.61 Å². The molecule has 6 heteroatoms. The van der Waals surface area contributed by atoms with Crippen molar-refractivity contribution in [1.82, 2.24) is 4.98 Å². The molecule has 0 spiro atoms. The average molecular weight is 353 g/mol. The molecule has 4 nitrogen and oxygen atoms in total. The number of ether oxygens (including phenoxy) is 1. The maximum Gasteiger partial charge on any atom is 0.358 e. The van der Waals surface area contributed by atoms with E-state index in [1.807, 2.05) is 24.3 Å². The van der Waals surface area contributed by atoms with Gasteiger partial charge in [-0.2, -0.15) is 0 Å². The lowest BCUT2D eigenvalue weighted by atomic mass is 10.2. The van der Waals surface area contributed by atoms with Crippen molar-refractivity contribution in [2.75, 3.05) is 11.9 Å². The van der Waals surface area contributed by atoms with Gasteiger partial charge >= 0.3 is 5.97 Å². The van der Waals surface area contributed by atoms with Crippen LogP contribution in [0.4, 0.5) is 5.13 Å². The summed E-state index contributed by atoms with van der Waals surface area (Å²) in [5.74, 6) is -0.421. The maximum atomic E-state index is 11.8. The van der Waals surface area contributed by atoms with Crippen LogP contribution >= 0.6 is 27.3 Å². The van der Waals surface area contributed by atoms with Crippen LogP contribution in [0.1, 0.15) is 16.1 Å². The Morgan fingerprint density at radius 1 is 1.45 bits per heavy atom. The van der Waals surface area contributed by atoms with E-state index in [4.69, 9.17) is 4.74 Å². The zero-order chi connectivity index (χ0) is 14.4. The molecule has 0 amide bonds. The molecule has 104 valence electrons. The van der Waals surface area contributed by atoms with Crippen molar-refractivity contribution in [3.63, 3.8) is 0 Å². The molecule has 0 bridgehead atoms. The van der Waals surface area contributed by atoms with Gasteiger partial charge < -0.3 is 10.1 Å². The minimum Gasteiger partial charge on any atom is -0.456 e. The number of carbonyl (C=O) groups excluding carboxylic acids is 1. The summed E-state index contributed by atoms with van der Waals surface area (Å²) in [5.41, 5.74) is 1.25. The van der Waals surface area contributed by atoms with Gasteiger partial charge in [0.25, 0.3) is 0 Å². The molecule has 1 N–H and O–H groups in total. The van der Waals surface area contributed by atoms with Crippen molar-refractivity contribution in [2.24, 2.45) is 0 Å². The molecule has 0 saturated carbocycles. The summed E-state index contributed by atoms with van der Waals surface area (Å²) in [4.78, 5) is 16.0. The zero-order valence-corrected chi connectivity index (χ0v) is 13.0. The molecular weight excluding hydrogens is 340 g/mol. The highest BCUT2D eigenvalue weighted by Crippen LogP contribution is 2.17. The van der Waals surface area contributed by atoms with Crippen molar-refractivity contribution >= 4 is 38.4 Å². The fraction of sp³-hybridized carbons (Fsp3) is 0.143. The molecule has 1 heterocycles. The van der Waals surface area contributed by atoms with Gasteiger partial charge in [0, 0.05) is 16.4 Å². The number of benzene rings is 1. The lowest BCUT2D eigenvalue weighted by Gasteiger charge is -2.03. The zero-order valence-electron chi connectivity index (χ0n) is 10.6. The molecule has 0 radical (unpaired) electrons. The van der Waals surface area contributed by atoms with Gasteiger partial charge in [-0.05, 0) is 17.7 Å². The van der Waals surface area contributed by atoms with E-state index in [1.54, 1.807) is 11.5 Å². The minimum atomic E-state index is -0.421. The Bertz CT molecular complexity index is 595. The Labute approximate surface area is 129 Å². The highest BCUT2D eigenvalue weighted by molar-refractivity contribution is 9.10. The Morgan fingerprint density at radius 2 is 2.20 bits per heavy atom. The Hall–Kier alpha value is -1.66. The van der Waals surface area contributed by atoms with Gasteiger partial charge in [0.05, 0.1) is 0 Å². The van der Waals surface area contributed by atoms with Crippen LogP contribution in [0.15, 0.2) is 46.8 Å². The normalized spacial score (nSPS) is 10.1. The Balaban J connectivity index is 1.89. The molecule has 1 aromatic heterocycles. The molecular formula is C14H13BrN2O2S. The second-order valence-corrected chi connectivity index (χ2v) is 5.68. The molecule has 2 aromatic rings. The van der Waals surface area contributed by atoms with Gasteiger partial charge in [-0.3, -0.25) is 0 Å². The van der Waals surface area contributed by atoms with Crippen molar-refractivity contribution in [2.45, 2.75) is 6.61 Å². The van der Waals surface area contributed by atoms with Crippen LogP contribution in [0, 0.1) is 0 Å². The number of anilines is 1. The van der Waals surface area contributed by atoms with Crippen LogP contribution in [0.2, 0.25) is 0 Å².